The lowest BCUT2D eigenvalue weighted by atomic mass is 10.0. The highest BCUT2D eigenvalue weighted by molar-refractivity contribution is 9.10. The maximum Gasteiger partial charge on any atom is 0.573 e. The molecule has 9 heteroatoms. The van der Waals surface area contributed by atoms with Crippen LogP contribution in [0.5, 0.6) is 5.75 Å². The van der Waals surface area contributed by atoms with Crippen molar-refractivity contribution in [3.8, 4) is 5.75 Å². The summed E-state index contributed by atoms with van der Waals surface area (Å²) in [4.78, 5) is 11.3. The molecular weight excluding hydrogens is 378 g/mol. The summed E-state index contributed by atoms with van der Waals surface area (Å²) in [5, 5.41) is 0. The molecule has 0 saturated carbocycles. The van der Waals surface area contributed by atoms with E-state index < -0.39 is 24.1 Å². The number of ether oxygens (including phenoxy) is 2. The van der Waals surface area contributed by atoms with Gasteiger partial charge in [0.15, 0.2) is 0 Å². The average molecular weight is 393 g/mol. The number of alkyl halides is 3. The number of carbonyl (C=O) groups excluding carboxylic acids is 1. The van der Waals surface area contributed by atoms with Crippen LogP contribution in [-0.4, -0.2) is 18.9 Å². The molecule has 0 aliphatic heterocycles. The molecule has 0 bridgehead atoms. The second-order valence-electron chi connectivity index (χ2n) is 3.85. The molecule has 0 fully saturated rings. The Hall–Kier alpha value is -0.990. The quantitative estimate of drug-likeness (QED) is 0.776. The van der Waals surface area contributed by atoms with E-state index >= 15 is 0 Å². The number of hydrogen-bond donors (Lipinski definition) is 1. The lowest BCUT2D eigenvalue weighted by Gasteiger charge is -2.17. The molecule has 4 nitrogen and oxygen atoms in total. The molecule has 21 heavy (non-hydrogen) atoms. The molecule has 1 atom stereocenters. The monoisotopic (exact) mass is 391 g/mol. The Morgan fingerprint density at radius 1 is 1.43 bits per heavy atom. The molecular formula is C12H14BrClF3NO3. The van der Waals surface area contributed by atoms with Gasteiger partial charge in [0.1, 0.15) is 5.75 Å². The van der Waals surface area contributed by atoms with Crippen LogP contribution in [0.25, 0.3) is 0 Å². The SMILES string of the molecule is CCOC(=O)C[C@H](N)c1cc(Br)ccc1OC(F)(F)F.Cl. The number of nitrogens with two attached hydrogens (primary N) is 1. The molecule has 2 N–H and O–H groups in total. The van der Waals surface area contributed by atoms with Crippen molar-refractivity contribution in [2.24, 2.45) is 5.73 Å². The molecule has 1 aromatic carbocycles. The van der Waals surface area contributed by atoms with E-state index in [1.165, 1.54) is 12.1 Å². The molecule has 0 aliphatic rings. The molecule has 0 aromatic heterocycles. The highest BCUT2D eigenvalue weighted by Crippen LogP contribution is 2.33. The van der Waals surface area contributed by atoms with Gasteiger partial charge in [0.25, 0.3) is 0 Å². The minimum Gasteiger partial charge on any atom is -0.466 e. The van der Waals surface area contributed by atoms with Crippen molar-refractivity contribution >= 4 is 34.3 Å². The molecule has 0 unspecified atom stereocenters. The Bertz CT molecular complexity index is 485. The summed E-state index contributed by atoms with van der Waals surface area (Å²) in [5.74, 6) is -1.02. The van der Waals surface area contributed by atoms with E-state index in [-0.39, 0.29) is 31.0 Å². The van der Waals surface area contributed by atoms with Crippen LogP contribution in [0.3, 0.4) is 0 Å². The fraction of sp³-hybridized carbons (Fsp3) is 0.417. The molecule has 0 amide bonds. The Labute approximate surface area is 134 Å². The third kappa shape index (κ3) is 7.01. The minimum absolute atomic E-state index is 0. The van der Waals surface area contributed by atoms with Crippen LogP contribution in [0.2, 0.25) is 0 Å². The summed E-state index contributed by atoms with van der Waals surface area (Å²) in [6, 6.07) is 2.95. The van der Waals surface area contributed by atoms with Gasteiger partial charge in [0, 0.05) is 16.1 Å². The zero-order valence-corrected chi connectivity index (χ0v) is 13.3. The van der Waals surface area contributed by atoms with Crippen LogP contribution >= 0.6 is 28.3 Å². The molecule has 0 radical (unpaired) electrons. The number of benzene rings is 1. The Kier molecular flexibility index (Phi) is 8.05. The Morgan fingerprint density at radius 3 is 2.57 bits per heavy atom. The summed E-state index contributed by atoms with van der Waals surface area (Å²) in [6.45, 7) is 1.80. The lowest BCUT2D eigenvalue weighted by Crippen LogP contribution is -2.22. The van der Waals surface area contributed by atoms with Crippen LogP contribution in [0.15, 0.2) is 22.7 Å². The van der Waals surface area contributed by atoms with Gasteiger partial charge in [0.05, 0.1) is 13.0 Å². The summed E-state index contributed by atoms with van der Waals surface area (Å²) >= 11 is 3.13. The predicted octanol–water partition coefficient (Wildman–Crippen LogP) is 3.72. The molecule has 1 aromatic rings. The zero-order valence-electron chi connectivity index (χ0n) is 10.9. The first-order valence-electron chi connectivity index (χ1n) is 5.69. The van der Waals surface area contributed by atoms with E-state index in [0.29, 0.717) is 4.47 Å². The van der Waals surface area contributed by atoms with Crippen molar-refractivity contribution in [2.75, 3.05) is 6.61 Å². The van der Waals surface area contributed by atoms with Gasteiger partial charge in [-0.05, 0) is 25.1 Å². The molecule has 120 valence electrons. The smallest absolute Gasteiger partial charge is 0.466 e. The zero-order chi connectivity index (χ0) is 15.3. The largest absolute Gasteiger partial charge is 0.573 e. The second-order valence-corrected chi connectivity index (χ2v) is 4.76. The van der Waals surface area contributed by atoms with Gasteiger partial charge in [-0.25, -0.2) is 0 Å². The molecule has 0 aliphatic carbocycles. The number of esters is 1. The first-order chi connectivity index (χ1) is 9.23. The lowest BCUT2D eigenvalue weighted by molar-refractivity contribution is -0.275. The summed E-state index contributed by atoms with van der Waals surface area (Å²) in [5.41, 5.74) is 5.82. The maximum absolute atomic E-state index is 12.3. The maximum atomic E-state index is 12.3. The number of carbonyl (C=O) groups is 1. The minimum atomic E-state index is -4.83. The highest BCUT2D eigenvalue weighted by Gasteiger charge is 2.33. The first kappa shape index (κ1) is 20.0. The van der Waals surface area contributed by atoms with Crippen molar-refractivity contribution in [1.29, 1.82) is 0 Å². The summed E-state index contributed by atoms with van der Waals surface area (Å²) < 4.78 is 46.0. The number of hydrogen-bond acceptors (Lipinski definition) is 4. The van der Waals surface area contributed by atoms with Crippen LogP contribution in [0.4, 0.5) is 13.2 Å². The van der Waals surface area contributed by atoms with Crippen molar-refractivity contribution in [3.05, 3.63) is 28.2 Å². The summed E-state index contributed by atoms with van der Waals surface area (Å²) in [7, 11) is 0. The standard InChI is InChI=1S/C12H13BrF3NO3.ClH/c1-2-19-11(18)6-9(17)8-5-7(13)3-4-10(8)20-12(14,15)16;/h3-5,9H,2,6,17H2,1H3;1H/t9-;/m0./s1. The molecule has 0 spiro atoms. The third-order valence-corrected chi connectivity index (χ3v) is 2.78. The van der Waals surface area contributed by atoms with Gasteiger partial charge >= 0.3 is 12.3 Å². The van der Waals surface area contributed by atoms with Gasteiger partial charge in [-0.1, -0.05) is 15.9 Å². The fourth-order valence-corrected chi connectivity index (χ4v) is 1.91. The van der Waals surface area contributed by atoms with Crippen LogP contribution in [0.1, 0.15) is 24.9 Å². The Balaban J connectivity index is 0.00000400. The number of rotatable bonds is 5. The van der Waals surface area contributed by atoms with E-state index in [1.54, 1.807) is 6.92 Å². The first-order valence-corrected chi connectivity index (χ1v) is 6.48. The van der Waals surface area contributed by atoms with Crippen molar-refractivity contribution in [2.45, 2.75) is 25.7 Å². The topological polar surface area (TPSA) is 61.5 Å². The normalized spacial score (nSPS) is 12.3. The van der Waals surface area contributed by atoms with Crippen LogP contribution < -0.4 is 10.5 Å². The van der Waals surface area contributed by atoms with Crippen molar-refractivity contribution in [1.82, 2.24) is 0 Å². The van der Waals surface area contributed by atoms with Crippen LogP contribution in [0, 0.1) is 0 Å². The Morgan fingerprint density at radius 2 is 2.05 bits per heavy atom. The van der Waals surface area contributed by atoms with Crippen molar-refractivity contribution < 1.29 is 27.4 Å². The van der Waals surface area contributed by atoms with Gasteiger partial charge in [-0.2, -0.15) is 0 Å². The number of halogens is 5. The van der Waals surface area contributed by atoms with E-state index in [9.17, 15) is 18.0 Å². The van der Waals surface area contributed by atoms with Crippen molar-refractivity contribution in [3.63, 3.8) is 0 Å². The second kappa shape index (κ2) is 8.45. The van der Waals surface area contributed by atoms with E-state index in [1.807, 2.05) is 0 Å². The molecule has 0 heterocycles. The predicted molar refractivity (Wildman–Crippen MR) is 76.3 cm³/mol. The average Bonchev–Trinajstić information content (AvgIpc) is 2.29. The van der Waals surface area contributed by atoms with E-state index in [2.05, 4.69) is 20.7 Å². The fourth-order valence-electron chi connectivity index (χ4n) is 1.54. The van der Waals surface area contributed by atoms with Crippen LogP contribution in [-0.2, 0) is 9.53 Å². The van der Waals surface area contributed by atoms with Gasteiger partial charge in [0.2, 0.25) is 0 Å². The molecule has 1 rings (SSSR count). The van der Waals surface area contributed by atoms with E-state index in [4.69, 9.17) is 10.5 Å². The highest BCUT2D eigenvalue weighted by atomic mass is 79.9. The third-order valence-electron chi connectivity index (χ3n) is 2.29. The van der Waals surface area contributed by atoms with Gasteiger partial charge < -0.3 is 15.2 Å². The van der Waals surface area contributed by atoms with Gasteiger partial charge in [-0.3, -0.25) is 4.79 Å². The summed E-state index contributed by atoms with van der Waals surface area (Å²) in [6.07, 6.45) is -5.06. The van der Waals surface area contributed by atoms with Gasteiger partial charge in [-0.15, -0.1) is 25.6 Å². The molecule has 0 saturated heterocycles. The van der Waals surface area contributed by atoms with E-state index in [0.717, 1.165) is 6.07 Å².